The van der Waals surface area contributed by atoms with Gasteiger partial charge in [0.1, 0.15) is 4.88 Å². The first-order valence-electron chi connectivity index (χ1n) is 6.22. The van der Waals surface area contributed by atoms with Gasteiger partial charge in [-0.1, -0.05) is 11.8 Å². The van der Waals surface area contributed by atoms with Crippen molar-refractivity contribution in [1.29, 1.82) is 0 Å². The fourth-order valence-electron chi connectivity index (χ4n) is 1.34. The molecule has 0 radical (unpaired) electrons. The topological polar surface area (TPSA) is 58.6 Å². The number of nitrogens with one attached hydrogen (secondary N) is 1. The van der Waals surface area contributed by atoms with E-state index in [2.05, 4.69) is 17.2 Å². The van der Waals surface area contributed by atoms with E-state index in [1.54, 1.807) is 0 Å². The minimum absolute atomic E-state index is 0.0329. The zero-order valence-electron chi connectivity index (χ0n) is 11.2. The Labute approximate surface area is 117 Å². The van der Waals surface area contributed by atoms with Crippen LogP contribution in [-0.4, -0.2) is 36.9 Å². The summed E-state index contributed by atoms with van der Waals surface area (Å²) in [6, 6.07) is 1.81. The molecule has 0 aliphatic rings. The molecular weight excluding hydrogens is 262 g/mol. The van der Waals surface area contributed by atoms with Crippen LogP contribution in [0.2, 0.25) is 0 Å². The Morgan fingerprint density at radius 2 is 2.37 bits per heavy atom. The largest absolute Gasteiger partial charge is 0.395 e. The highest BCUT2D eigenvalue weighted by atomic mass is 32.1. The van der Waals surface area contributed by atoms with Crippen molar-refractivity contribution in [2.75, 3.05) is 19.8 Å². The van der Waals surface area contributed by atoms with Gasteiger partial charge >= 0.3 is 0 Å². The van der Waals surface area contributed by atoms with Gasteiger partial charge in [-0.25, -0.2) is 0 Å². The van der Waals surface area contributed by atoms with E-state index in [9.17, 15) is 4.79 Å². The number of hydrogen-bond acceptors (Lipinski definition) is 4. The van der Waals surface area contributed by atoms with Crippen molar-refractivity contribution in [2.24, 2.45) is 0 Å². The maximum Gasteiger partial charge on any atom is 0.262 e. The molecule has 0 spiro atoms. The van der Waals surface area contributed by atoms with Crippen molar-refractivity contribution in [2.45, 2.75) is 26.4 Å². The van der Waals surface area contributed by atoms with Crippen LogP contribution < -0.4 is 5.32 Å². The predicted molar refractivity (Wildman–Crippen MR) is 76.3 cm³/mol. The smallest absolute Gasteiger partial charge is 0.262 e. The normalized spacial score (nSPS) is 10.1. The molecule has 0 aliphatic carbocycles. The first-order valence-corrected chi connectivity index (χ1v) is 7.10. The van der Waals surface area contributed by atoms with Crippen LogP contribution in [0, 0.1) is 11.8 Å². The molecule has 1 amide bonds. The summed E-state index contributed by atoms with van der Waals surface area (Å²) in [4.78, 5) is 12.5. The molecule has 1 aromatic heterocycles. The maximum absolute atomic E-state index is 11.9. The van der Waals surface area contributed by atoms with Gasteiger partial charge in [-0.05, 0) is 25.3 Å². The van der Waals surface area contributed by atoms with Gasteiger partial charge in [-0.3, -0.25) is 4.79 Å². The van der Waals surface area contributed by atoms with Crippen molar-refractivity contribution in [3.63, 3.8) is 0 Å². The van der Waals surface area contributed by atoms with Gasteiger partial charge in [-0.2, -0.15) is 0 Å². The molecule has 1 rings (SSSR count). The summed E-state index contributed by atoms with van der Waals surface area (Å²) in [5, 5.41) is 13.3. The average molecular weight is 281 g/mol. The van der Waals surface area contributed by atoms with Gasteiger partial charge in [0.25, 0.3) is 5.91 Å². The lowest BCUT2D eigenvalue weighted by Crippen LogP contribution is -2.27. The van der Waals surface area contributed by atoms with E-state index in [-0.39, 0.29) is 18.6 Å². The molecule has 0 bridgehead atoms. The Morgan fingerprint density at radius 3 is 3.05 bits per heavy atom. The number of carbonyl (C=O) groups is 1. The van der Waals surface area contributed by atoms with E-state index in [1.165, 1.54) is 11.3 Å². The SMILES string of the molecule is CC(C)OCCNC(=O)c1sccc1C#CCCO. The summed E-state index contributed by atoms with van der Waals surface area (Å²) in [6.07, 6.45) is 0.581. The third-order valence-electron chi connectivity index (χ3n) is 2.17. The second-order valence-corrected chi connectivity index (χ2v) is 5.03. The van der Waals surface area contributed by atoms with Crippen molar-refractivity contribution >= 4 is 17.2 Å². The van der Waals surface area contributed by atoms with Crippen LogP contribution in [0.15, 0.2) is 11.4 Å². The lowest BCUT2D eigenvalue weighted by atomic mass is 10.2. The number of aliphatic hydroxyl groups excluding tert-OH is 1. The second-order valence-electron chi connectivity index (χ2n) is 4.11. The van der Waals surface area contributed by atoms with Crippen LogP contribution in [0.25, 0.3) is 0 Å². The Morgan fingerprint density at radius 1 is 1.58 bits per heavy atom. The summed E-state index contributed by atoms with van der Waals surface area (Å²) < 4.78 is 5.35. The minimum Gasteiger partial charge on any atom is -0.395 e. The van der Waals surface area contributed by atoms with Crippen molar-refractivity contribution in [3.05, 3.63) is 21.9 Å². The number of thiophene rings is 1. The number of rotatable bonds is 6. The van der Waals surface area contributed by atoms with Gasteiger partial charge in [-0.15, -0.1) is 11.3 Å². The molecule has 5 heteroatoms. The molecule has 19 heavy (non-hydrogen) atoms. The number of ether oxygens (including phenoxy) is 1. The molecule has 2 N–H and O–H groups in total. The van der Waals surface area contributed by atoms with Crippen molar-refractivity contribution in [3.8, 4) is 11.8 Å². The van der Waals surface area contributed by atoms with Crippen LogP contribution in [0.3, 0.4) is 0 Å². The molecule has 0 unspecified atom stereocenters. The van der Waals surface area contributed by atoms with Gasteiger partial charge in [0, 0.05) is 18.5 Å². The molecule has 0 fully saturated rings. The molecule has 1 heterocycles. The Bertz CT molecular complexity index is 457. The van der Waals surface area contributed by atoms with Crippen LogP contribution in [0.1, 0.15) is 35.5 Å². The van der Waals surface area contributed by atoms with Crippen LogP contribution >= 0.6 is 11.3 Å². The van der Waals surface area contributed by atoms with Gasteiger partial charge < -0.3 is 15.2 Å². The minimum atomic E-state index is -0.129. The second kappa shape index (κ2) is 8.70. The number of aliphatic hydroxyl groups is 1. The molecule has 0 saturated carbocycles. The first-order chi connectivity index (χ1) is 9.15. The molecule has 4 nitrogen and oxygen atoms in total. The number of amides is 1. The average Bonchev–Trinajstić information content (AvgIpc) is 2.83. The molecule has 0 atom stereocenters. The number of carbonyl (C=O) groups excluding carboxylic acids is 1. The van der Waals surface area contributed by atoms with E-state index in [0.29, 0.717) is 30.0 Å². The summed E-state index contributed by atoms with van der Waals surface area (Å²) in [7, 11) is 0. The summed E-state index contributed by atoms with van der Waals surface area (Å²) in [5.74, 6) is 5.58. The quantitative estimate of drug-likeness (QED) is 0.615. The van der Waals surface area contributed by atoms with Crippen LogP contribution in [0.4, 0.5) is 0 Å². The zero-order chi connectivity index (χ0) is 14.1. The van der Waals surface area contributed by atoms with E-state index in [1.807, 2.05) is 25.3 Å². The van der Waals surface area contributed by atoms with Crippen LogP contribution in [-0.2, 0) is 4.74 Å². The fraction of sp³-hybridized carbons (Fsp3) is 0.500. The van der Waals surface area contributed by atoms with Gasteiger partial charge in [0.2, 0.25) is 0 Å². The number of hydrogen-bond donors (Lipinski definition) is 2. The zero-order valence-corrected chi connectivity index (χ0v) is 12.0. The van der Waals surface area contributed by atoms with E-state index >= 15 is 0 Å². The van der Waals surface area contributed by atoms with Crippen LogP contribution in [0.5, 0.6) is 0 Å². The van der Waals surface area contributed by atoms with Crippen molar-refractivity contribution in [1.82, 2.24) is 5.32 Å². The molecule has 0 aromatic carbocycles. The third kappa shape index (κ3) is 5.88. The first kappa shape index (κ1) is 15.7. The highest BCUT2D eigenvalue weighted by molar-refractivity contribution is 7.12. The molecule has 1 aromatic rings. The Hall–Kier alpha value is -1.35. The highest BCUT2D eigenvalue weighted by Crippen LogP contribution is 2.15. The standard InChI is InChI=1S/C14H19NO3S/c1-11(2)18-9-7-15-14(17)13-12(6-10-19-13)5-3-4-8-16/h6,10-11,16H,4,7-9H2,1-2H3,(H,15,17). The van der Waals surface area contributed by atoms with E-state index in [4.69, 9.17) is 9.84 Å². The Kier molecular flexibility index (Phi) is 7.19. The summed E-state index contributed by atoms with van der Waals surface area (Å²) in [5.41, 5.74) is 0.709. The van der Waals surface area contributed by atoms with E-state index in [0.717, 1.165) is 0 Å². The molecule has 0 aliphatic heterocycles. The third-order valence-corrected chi connectivity index (χ3v) is 3.08. The van der Waals surface area contributed by atoms with E-state index < -0.39 is 0 Å². The Balaban J connectivity index is 2.49. The lowest BCUT2D eigenvalue weighted by Gasteiger charge is -2.08. The van der Waals surface area contributed by atoms with Gasteiger partial charge in [0.15, 0.2) is 0 Å². The maximum atomic E-state index is 11.9. The molecule has 104 valence electrons. The van der Waals surface area contributed by atoms with Gasteiger partial charge in [0.05, 0.1) is 19.3 Å². The molecular formula is C14H19NO3S. The lowest BCUT2D eigenvalue weighted by molar-refractivity contribution is 0.0748. The predicted octanol–water partition coefficient (Wildman–Crippen LogP) is 1.64. The summed E-state index contributed by atoms with van der Waals surface area (Å²) in [6.45, 7) is 4.93. The fourth-order valence-corrected chi connectivity index (χ4v) is 2.10. The molecule has 0 saturated heterocycles. The highest BCUT2D eigenvalue weighted by Gasteiger charge is 2.11. The van der Waals surface area contributed by atoms with Crippen molar-refractivity contribution < 1.29 is 14.6 Å². The summed E-state index contributed by atoms with van der Waals surface area (Å²) >= 11 is 1.36. The monoisotopic (exact) mass is 281 g/mol.